The molecule has 0 saturated carbocycles. The van der Waals surface area contributed by atoms with Crippen LogP contribution in [0.1, 0.15) is 6.42 Å². The van der Waals surface area contributed by atoms with E-state index in [9.17, 15) is 18.8 Å². The maximum absolute atomic E-state index is 12.8. The van der Waals surface area contributed by atoms with Gasteiger partial charge in [0.05, 0.1) is 12.6 Å². The van der Waals surface area contributed by atoms with E-state index in [4.69, 9.17) is 13.3 Å². The maximum Gasteiger partial charge on any atom is 0.328 e. The summed E-state index contributed by atoms with van der Waals surface area (Å²) in [5.74, 6) is -2.74. The minimum atomic E-state index is -1.13. The zero-order chi connectivity index (χ0) is 13.0. The summed E-state index contributed by atoms with van der Waals surface area (Å²) < 4.78 is 17.8. The maximum atomic E-state index is 12.8. The summed E-state index contributed by atoms with van der Waals surface area (Å²) in [5, 5.41) is 6.67. The van der Waals surface area contributed by atoms with Crippen LogP contribution in [0.2, 0.25) is 0 Å². The molecule has 17 heavy (non-hydrogen) atoms. The molecule has 7 nitrogen and oxygen atoms in total. The number of ether oxygens (including phenoxy) is 1. The molecule has 0 aliphatic heterocycles. The molecular weight excluding hydrogens is 232 g/mol. The van der Waals surface area contributed by atoms with Crippen LogP contribution < -0.4 is 11.2 Å². The highest BCUT2D eigenvalue weighted by Gasteiger charge is 2.07. The Balaban J connectivity index is 2.73. The first kappa shape index (κ1) is 12.9. The Morgan fingerprint density at radius 3 is 2.82 bits per heavy atom. The number of carbonyl (C=O) groups is 1. The molecule has 1 rings (SSSR count). The zero-order valence-electron chi connectivity index (χ0n) is 8.53. The highest BCUT2D eigenvalue weighted by atomic mass is 19.1. The molecule has 1 aromatic heterocycles. The van der Waals surface area contributed by atoms with E-state index < -0.39 is 28.8 Å². The van der Waals surface area contributed by atoms with Crippen molar-refractivity contribution < 1.29 is 13.9 Å². The molecule has 0 amide bonds. The van der Waals surface area contributed by atoms with Crippen LogP contribution >= 0.6 is 0 Å². The number of esters is 1. The summed E-state index contributed by atoms with van der Waals surface area (Å²) in [7, 11) is 4.80. The largest absolute Gasteiger partial charge is 0.424 e. The summed E-state index contributed by atoms with van der Waals surface area (Å²) in [6.45, 7) is -0.196. The van der Waals surface area contributed by atoms with Crippen molar-refractivity contribution in [1.82, 2.24) is 9.55 Å². The average molecular weight is 239 g/mol. The lowest BCUT2D eigenvalue weighted by Gasteiger charge is -2.04. The van der Waals surface area contributed by atoms with E-state index in [1.54, 1.807) is 4.98 Å². The lowest BCUT2D eigenvalue weighted by molar-refractivity contribution is -0.135. The number of rotatable bonds is 3. The zero-order valence-corrected chi connectivity index (χ0v) is 8.53. The summed E-state index contributed by atoms with van der Waals surface area (Å²) in [5.41, 5.74) is -1.97. The highest BCUT2D eigenvalue weighted by molar-refractivity contribution is 6.56. The van der Waals surface area contributed by atoms with Gasteiger partial charge in [0.2, 0.25) is 5.82 Å². The van der Waals surface area contributed by atoms with E-state index in [0.717, 1.165) is 4.57 Å². The van der Waals surface area contributed by atoms with E-state index in [0.29, 0.717) is 6.20 Å². The van der Waals surface area contributed by atoms with E-state index >= 15 is 0 Å². The van der Waals surface area contributed by atoms with Gasteiger partial charge in [-0.05, 0) is 0 Å². The van der Waals surface area contributed by atoms with Gasteiger partial charge in [-0.1, -0.05) is 0 Å². The second-order valence-electron chi connectivity index (χ2n) is 3.02. The smallest absolute Gasteiger partial charge is 0.328 e. The van der Waals surface area contributed by atoms with Gasteiger partial charge in [-0.3, -0.25) is 24.5 Å². The van der Waals surface area contributed by atoms with Crippen molar-refractivity contribution in [2.75, 3.05) is 0 Å². The molecule has 2 N–H and O–H groups in total. The monoisotopic (exact) mass is 239 g/mol. The summed E-state index contributed by atoms with van der Waals surface area (Å²) in [4.78, 5) is 34.5. The van der Waals surface area contributed by atoms with Crippen molar-refractivity contribution in [2.24, 2.45) is 0 Å². The Hall–Kier alpha value is -2.19. The van der Waals surface area contributed by atoms with Crippen LogP contribution in [0.5, 0.6) is 0 Å². The Morgan fingerprint density at radius 1 is 1.59 bits per heavy atom. The fraction of sp³-hybridized carbons (Fsp3) is 0.250. The van der Waals surface area contributed by atoms with Crippen LogP contribution in [0.4, 0.5) is 4.39 Å². The van der Waals surface area contributed by atoms with E-state index in [1.807, 2.05) is 0 Å². The Bertz CT molecular complexity index is 565. The molecule has 0 atom stereocenters. The molecule has 1 aromatic rings. The molecule has 0 fully saturated rings. The number of nitrogens with one attached hydrogen (secondary N) is 2. The number of halogens is 1. The Kier molecular flexibility index (Phi) is 3.97. The van der Waals surface area contributed by atoms with Gasteiger partial charge >= 0.3 is 11.7 Å². The van der Waals surface area contributed by atoms with Crippen molar-refractivity contribution >= 4 is 19.6 Å². The summed E-state index contributed by atoms with van der Waals surface area (Å²) >= 11 is 0. The first-order chi connectivity index (χ1) is 7.90. The number of hydrogen-bond acceptors (Lipinski definition) is 5. The van der Waals surface area contributed by atoms with Crippen LogP contribution in [0, 0.1) is 11.2 Å². The van der Waals surface area contributed by atoms with Crippen molar-refractivity contribution in [1.29, 1.82) is 5.41 Å². The van der Waals surface area contributed by atoms with Gasteiger partial charge in [0.15, 0.2) is 7.85 Å². The fourth-order valence-corrected chi connectivity index (χ4v) is 1.03. The quantitative estimate of drug-likeness (QED) is 0.296. The van der Waals surface area contributed by atoms with Crippen molar-refractivity contribution in [2.45, 2.75) is 13.0 Å². The molecule has 2 radical (unpaired) electrons. The van der Waals surface area contributed by atoms with Crippen LogP contribution in [0.3, 0.4) is 0 Å². The van der Waals surface area contributed by atoms with Crippen LogP contribution in [-0.4, -0.2) is 29.2 Å². The van der Waals surface area contributed by atoms with Crippen molar-refractivity contribution in [3.63, 3.8) is 0 Å². The molecule has 0 unspecified atom stereocenters. The normalized spacial score (nSPS) is 9.94. The van der Waals surface area contributed by atoms with Gasteiger partial charge in [0.25, 0.3) is 5.56 Å². The first-order valence-electron chi connectivity index (χ1n) is 4.44. The average Bonchev–Trinajstić information content (AvgIpc) is 2.20. The molecule has 0 aliphatic carbocycles. The molecule has 0 saturated heterocycles. The Labute approximate surface area is 95.1 Å². The van der Waals surface area contributed by atoms with Crippen LogP contribution in [-0.2, 0) is 16.1 Å². The summed E-state index contributed by atoms with van der Waals surface area (Å²) in [6, 6.07) is 0. The molecule has 0 spiro atoms. The molecule has 1 heterocycles. The highest BCUT2D eigenvalue weighted by Crippen LogP contribution is 1.91. The first-order valence-corrected chi connectivity index (χ1v) is 4.44. The molecule has 0 aromatic carbocycles. The summed E-state index contributed by atoms with van der Waals surface area (Å²) in [6.07, 6.45) is 0.396. The van der Waals surface area contributed by atoms with Crippen LogP contribution in [0.25, 0.3) is 0 Å². The predicted molar refractivity (Wildman–Crippen MR) is 55.5 cm³/mol. The molecular formula is C8H7BFN3O4. The van der Waals surface area contributed by atoms with Crippen LogP contribution in [0.15, 0.2) is 15.8 Å². The van der Waals surface area contributed by atoms with Gasteiger partial charge in [0.1, 0.15) is 5.80 Å². The van der Waals surface area contributed by atoms with Gasteiger partial charge in [-0.25, -0.2) is 4.79 Å². The van der Waals surface area contributed by atoms with Crippen molar-refractivity contribution in [3.05, 3.63) is 32.9 Å². The number of aromatic nitrogens is 2. The minimum Gasteiger partial charge on any atom is -0.424 e. The Morgan fingerprint density at radius 2 is 2.24 bits per heavy atom. The van der Waals surface area contributed by atoms with Gasteiger partial charge in [-0.2, -0.15) is 4.39 Å². The van der Waals surface area contributed by atoms with E-state index in [2.05, 4.69) is 4.74 Å². The number of H-pyrrole nitrogens is 1. The van der Waals surface area contributed by atoms with Gasteiger partial charge in [-0.15, -0.1) is 0 Å². The van der Waals surface area contributed by atoms with Gasteiger partial charge in [0, 0.05) is 6.54 Å². The standard InChI is InChI=1S/C8H7BFN3O4/c9-7(11)17-5(14)1-2-13-3-4(10)6(15)12-8(13)16/h3,11H,1-2H2,(H,12,15,16). The number of carbonyl (C=O) groups excluding carboxylic acids is 1. The third kappa shape index (κ3) is 3.70. The van der Waals surface area contributed by atoms with E-state index in [1.165, 1.54) is 0 Å². The number of nitrogens with zero attached hydrogens (tertiary/aromatic N) is 1. The van der Waals surface area contributed by atoms with Crippen molar-refractivity contribution in [3.8, 4) is 0 Å². The van der Waals surface area contributed by atoms with E-state index in [-0.39, 0.29) is 13.0 Å². The minimum absolute atomic E-state index is 0.196. The number of hydrogen-bond donors (Lipinski definition) is 2. The third-order valence-electron chi connectivity index (χ3n) is 1.75. The lowest BCUT2D eigenvalue weighted by atomic mass is 10.2. The molecule has 9 heteroatoms. The second-order valence-corrected chi connectivity index (χ2v) is 3.02. The fourth-order valence-electron chi connectivity index (χ4n) is 1.03. The number of aryl methyl sites for hydroxylation is 1. The van der Waals surface area contributed by atoms with Gasteiger partial charge < -0.3 is 4.74 Å². The topological polar surface area (TPSA) is 105 Å². The molecule has 88 valence electrons. The molecule has 0 aliphatic rings. The lowest BCUT2D eigenvalue weighted by Crippen LogP contribution is -2.32. The molecule has 0 bridgehead atoms. The number of aromatic amines is 1. The predicted octanol–water partition coefficient (Wildman–Crippen LogP) is -1.29. The second kappa shape index (κ2) is 5.24. The third-order valence-corrected chi connectivity index (χ3v) is 1.75. The SMILES string of the molecule is [B]C(=N)OC(=O)CCn1cc(F)c(=O)[nH]c1=O.